The highest BCUT2D eigenvalue weighted by Gasteiger charge is 2.30. The lowest BCUT2D eigenvalue weighted by molar-refractivity contribution is 0.0858. The summed E-state index contributed by atoms with van der Waals surface area (Å²) in [6.07, 6.45) is 4.69. The van der Waals surface area contributed by atoms with Gasteiger partial charge in [-0.1, -0.05) is 12.1 Å². The smallest absolute Gasteiger partial charge is 0.251 e. The molecule has 126 valence electrons. The molecule has 4 rings (SSSR count). The SMILES string of the molecule is Cc1[nH]nc(C2CC2)c1-c1cccc(C(=O)NC[C@H]2CCCO2)c1. The molecule has 2 N–H and O–H groups in total. The quantitative estimate of drug-likeness (QED) is 0.887. The second-order valence-corrected chi connectivity index (χ2v) is 6.81. The number of aryl methyl sites for hydroxylation is 1. The molecule has 0 bridgehead atoms. The van der Waals surface area contributed by atoms with E-state index in [-0.39, 0.29) is 12.0 Å². The first-order valence-electron chi connectivity index (χ1n) is 8.77. The minimum Gasteiger partial charge on any atom is -0.376 e. The summed E-state index contributed by atoms with van der Waals surface area (Å²) in [5.41, 5.74) is 5.12. The number of nitrogens with zero attached hydrogens (tertiary/aromatic N) is 1. The normalized spacial score (nSPS) is 20.3. The number of hydrogen-bond donors (Lipinski definition) is 2. The van der Waals surface area contributed by atoms with Gasteiger partial charge in [0, 0.05) is 35.9 Å². The third-order valence-electron chi connectivity index (χ3n) is 4.87. The number of carbonyl (C=O) groups excluding carboxylic acids is 1. The predicted octanol–water partition coefficient (Wildman–Crippen LogP) is 3.17. The zero-order chi connectivity index (χ0) is 16.5. The molecule has 2 fully saturated rings. The van der Waals surface area contributed by atoms with Gasteiger partial charge >= 0.3 is 0 Å². The molecule has 24 heavy (non-hydrogen) atoms. The maximum atomic E-state index is 12.4. The predicted molar refractivity (Wildman–Crippen MR) is 92.0 cm³/mol. The van der Waals surface area contributed by atoms with Crippen molar-refractivity contribution in [2.75, 3.05) is 13.2 Å². The molecule has 0 unspecified atom stereocenters. The molecule has 1 saturated carbocycles. The third-order valence-corrected chi connectivity index (χ3v) is 4.87. The maximum Gasteiger partial charge on any atom is 0.251 e. The van der Waals surface area contributed by atoms with E-state index >= 15 is 0 Å². The lowest BCUT2D eigenvalue weighted by Crippen LogP contribution is -2.31. The Labute approximate surface area is 141 Å². The van der Waals surface area contributed by atoms with Gasteiger partial charge in [-0.05, 0) is 50.3 Å². The minimum absolute atomic E-state index is 0.0403. The number of nitrogens with one attached hydrogen (secondary N) is 2. The van der Waals surface area contributed by atoms with Gasteiger partial charge in [0.2, 0.25) is 0 Å². The van der Waals surface area contributed by atoms with Gasteiger partial charge in [0.15, 0.2) is 0 Å². The number of rotatable bonds is 5. The van der Waals surface area contributed by atoms with Crippen molar-refractivity contribution in [2.24, 2.45) is 0 Å². The van der Waals surface area contributed by atoms with E-state index in [9.17, 15) is 4.79 Å². The van der Waals surface area contributed by atoms with Crippen molar-refractivity contribution >= 4 is 5.91 Å². The Hall–Kier alpha value is -2.14. The first-order valence-corrected chi connectivity index (χ1v) is 8.77. The van der Waals surface area contributed by atoms with E-state index < -0.39 is 0 Å². The fourth-order valence-electron chi connectivity index (χ4n) is 3.39. The summed E-state index contributed by atoms with van der Waals surface area (Å²) in [7, 11) is 0. The number of H-pyrrole nitrogens is 1. The van der Waals surface area contributed by atoms with E-state index in [1.165, 1.54) is 12.8 Å². The van der Waals surface area contributed by atoms with Crippen molar-refractivity contribution in [1.29, 1.82) is 0 Å². The van der Waals surface area contributed by atoms with Crippen LogP contribution in [0.3, 0.4) is 0 Å². The molecule has 5 nitrogen and oxygen atoms in total. The fourth-order valence-corrected chi connectivity index (χ4v) is 3.39. The largest absolute Gasteiger partial charge is 0.376 e. The Morgan fingerprint density at radius 2 is 2.25 bits per heavy atom. The van der Waals surface area contributed by atoms with Crippen LogP contribution in [0.5, 0.6) is 0 Å². The fraction of sp³-hybridized carbons (Fsp3) is 0.474. The van der Waals surface area contributed by atoms with Crippen LogP contribution in [-0.2, 0) is 4.74 Å². The number of carbonyl (C=O) groups is 1. The molecule has 1 amide bonds. The van der Waals surface area contributed by atoms with Gasteiger partial charge in [-0.3, -0.25) is 9.89 Å². The number of hydrogen-bond acceptors (Lipinski definition) is 3. The summed E-state index contributed by atoms with van der Waals surface area (Å²) in [5, 5.41) is 10.6. The molecule has 2 aromatic rings. The summed E-state index contributed by atoms with van der Waals surface area (Å²) in [5.74, 6) is 0.531. The highest BCUT2D eigenvalue weighted by molar-refractivity contribution is 5.95. The lowest BCUT2D eigenvalue weighted by Gasteiger charge is -2.11. The number of aromatic nitrogens is 2. The maximum absolute atomic E-state index is 12.4. The van der Waals surface area contributed by atoms with Crippen LogP contribution in [0.15, 0.2) is 24.3 Å². The summed E-state index contributed by atoms with van der Waals surface area (Å²) in [6, 6.07) is 7.83. The van der Waals surface area contributed by atoms with Gasteiger partial charge in [0.25, 0.3) is 5.91 Å². The molecule has 1 aliphatic heterocycles. The molecular weight excluding hydrogens is 302 g/mol. The average molecular weight is 325 g/mol. The average Bonchev–Trinajstić information content (AvgIpc) is 3.16. The van der Waals surface area contributed by atoms with Crippen molar-refractivity contribution < 1.29 is 9.53 Å². The van der Waals surface area contributed by atoms with Gasteiger partial charge in [-0.15, -0.1) is 0 Å². The second kappa shape index (κ2) is 6.40. The number of aromatic amines is 1. The van der Waals surface area contributed by atoms with Crippen molar-refractivity contribution in [3.63, 3.8) is 0 Å². The van der Waals surface area contributed by atoms with E-state index in [1.807, 2.05) is 25.1 Å². The van der Waals surface area contributed by atoms with Crippen molar-refractivity contribution in [3.05, 3.63) is 41.2 Å². The molecule has 1 aliphatic carbocycles. The van der Waals surface area contributed by atoms with Crippen LogP contribution in [0, 0.1) is 6.92 Å². The van der Waals surface area contributed by atoms with Crippen LogP contribution < -0.4 is 5.32 Å². The molecule has 1 aromatic heterocycles. The van der Waals surface area contributed by atoms with E-state index in [0.29, 0.717) is 18.0 Å². The Bertz CT molecular complexity index is 743. The third kappa shape index (κ3) is 3.08. The standard InChI is InChI=1S/C19H23N3O2/c1-12-17(18(22-21-12)13-7-8-13)14-4-2-5-15(10-14)19(23)20-11-16-6-3-9-24-16/h2,4-5,10,13,16H,3,6-9,11H2,1H3,(H,20,23)(H,21,22)/t16-/m1/s1. The van der Waals surface area contributed by atoms with Crippen molar-refractivity contribution in [3.8, 4) is 11.1 Å². The summed E-state index contributed by atoms with van der Waals surface area (Å²) in [4.78, 5) is 12.4. The van der Waals surface area contributed by atoms with Gasteiger partial charge in [-0.25, -0.2) is 0 Å². The molecular formula is C19H23N3O2. The van der Waals surface area contributed by atoms with Crippen molar-refractivity contribution in [1.82, 2.24) is 15.5 Å². The highest BCUT2D eigenvalue weighted by atomic mass is 16.5. The Morgan fingerprint density at radius 1 is 1.38 bits per heavy atom. The van der Waals surface area contributed by atoms with Crippen LogP contribution in [0.2, 0.25) is 0 Å². The lowest BCUT2D eigenvalue weighted by atomic mass is 9.99. The number of ether oxygens (including phenoxy) is 1. The zero-order valence-electron chi connectivity index (χ0n) is 14.0. The molecule has 1 saturated heterocycles. The van der Waals surface area contributed by atoms with Crippen LogP contribution >= 0.6 is 0 Å². The number of amides is 1. The van der Waals surface area contributed by atoms with E-state index in [4.69, 9.17) is 4.74 Å². The Balaban J connectivity index is 1.53. The first-order chi connectivity index (χ1) is 11.7. The van der Waals surface area contributed by atoms with Crippen LogP contribution in [0.1, 0.15) is 53.3 Å². The molecule has 2 aliphatic rings. The van der Waals surface area contributed by atoms with Crippen LogP contribution in [0.4, 0.5) is 0 Å². The van der Waals surface area contributed by atoms with Gasteiger partial charge in [0.1, 0.15) is 0 Å². The van der Waals surface area contributed by atoms with Crippen molar-refractivity contribution in [2.45, 2.75) is 44.6 Å². The zero-order valence-corrected chi connectivity index (χ0v) is 14.0. The molecule has 1 atom stereocenters. The summed E-state index contributed by atoms with van der Waals surface area (Å²) >= 11 is 0. The molecule has 5 heteroatoms. The van der Waals surface area contributed by atoms with E-state index in [0.717, 1.165) is 42.0 Å². The van der Waals surface area contributed by atoms with Gasteiger partial charge in [-0.2, -0.15) is 5.10 Å². The monoisotopic (exact) mass is 325 g/mol. The van der Waals surface area contributed by atoms with Gasteiger partial charge in [0.05, 0.1) is 11.8 Å². The summed E-state index contributed by atoms with van der Waals surface area (Å²) < 4.78 is 5.56. The second-order valence-electron chi connectivity index (χ2n) is 6.81. The van der Waals surface area contributed by atoms with E-state index in [2.05, 4.69) is 21.6 Å². The Morgan fingerprint density at radius 3 is 3.00 bits per heavy atom. The molecule has 2 heterocycles. The Kier molecular flexibility index (Phi) is 4.10. The van der Waals surface area contributed by atoms with E-state index in [1.54, 1.807) is 0 Å². The molecule has 0 radical (unpaired) electrons. The first kappa shape index (κ1) is 15.4. The number of benzene rings is 1. The topological polar surface area (TPSA) is 67.0 Å². The van der Waals surface area contributed by atoms with Gasteiger partial charge < -0.3 is 10.1 Å². The highest BCUT2D eigenvalue weighted by Crippen LogP contribution is 2.44. The minimum atomic E-state index is -0.0403. The molecule has 1 aromatic carbocycles. The molecule has 0 spiro atoms. The summed E-state index contributed by atoms with van der Waals surface area (Å²) in [6.45, 7) is 3.43. The van der Waals surface area contributed by atoms with Crippen LogP contribution in [-0.4, -0.2) is 35.4 Å². The van der Waals surface area contributed by atoms with Crippen LogP contribution in [0.25, 0.3) is 11.1 Å².